The Morgan fingerprint density at radius 2 is 0.591 bits per heavy atom. The third-order valence-corrected chi connectivity index (χ3v) is 19.3. The molecule has 3 unspecified atom stereocenters. The number of Topliss-reactive ketones (excluding diaryl/α,β-unsaturated/α-hetero) is 8. The van der Waals surface area contributed by atoms with Gasteiger partial charge in [0.05, 0.1) is 12.2 Å². The zero-order valence-corrected chi connectivity index (χ0v) is 59.0. The molecule has 0 amide bonds. The van der Waals surface area contributed by atoms with Crippen LogP contribution in [-0.4, -0.2) is 91.1 Å². The third kappa shape index (κ3) is 34.0. The molecular formula is C76H134O12. The van der Waals surface area contributed by atoms with Crippen LogP contribution in [0.3, 0.4) is 0 Å². The van der Waals surface area contributed by atoms with Crippen LogP contribution in [0.25, 0.3) is 0 Å². The Hall–Kier alpha value is -3.06. The van der Waals surface area contributed by atoms with Crippen LogP contribution in [0, 0.1) is 88.8 Å². The fourth-order valence-corrected chi connectivity index (χ4v) is 12.8. The maximum Gasteiger partial charge on any atom is 0.161 e. The van der Waals surface area contributed by atoms with E-state index in [9.17, 15) is 58.8 Å². The van der Waals surface area contributed by atoms with Crippen molar-refractivity contribution in [3.05, 3.63) is 11.6 Å². The number of aliphatic hydroxyl groups is 4. The van der Waals surface area contributed by atoms with Crippen molar-refractivity contribution < 1.29 is 58.8 Å². The average Bonchev–Trinajstić information content (AvgIpc) is 4.36. The fourth-order valence-electron chi connectivity index (χ4n) is 12.8. The summed E-state index contributed by atoms with van der Waals surface area (Å²) in [5.74, 6) is 7.72. The average molecular weight is 1240 g/mol. The van der Waals surface area contributed by atoms with Gasteiger partial charge in [-0.05, 0) is 107 Å². The second-order valence-electron chi connectivity index (χ2n) is 30.0. The Balaban J connectivity index is 0.000000505. The number of carbonyl (C=O) groups is 8. The summed E-state index contributed by atoms with van der Waals surface area (Å²) < 4.78 is 0. The molecule has 12 nitrogen and oxygen atoms in total. The van der Waals surface area contributed by atoms with E-state index in [1.54, 1.807) is 13.8 Å². The highest BCUT2D eigenvalue weighted by atomic mass is 16.4. The van der Waals surface area contributed by atoms with Crippen molar-refractivity contribution in [1.82, 2.24) is 0 Å². The molecule has 0 spiro atoms. The lowest BCUT2D eigenvalue weighted by atomic mass is 9.79. The first-order chi connectivity index (χ1) is 41.3. The highest BCUT2D eigenvalue weighted by Gasteiger charge is 2.33. The van der Waals surface area contributed by atoms with E-state index in [4.69, 9.17) is 0 Å². The molecule has 0 radical (unpaired) electrons. The molecule has 4 N–H and O–H groups in total. The van der Waals surface area contributed by atoms with E-state index in [2.05, 4.69) is 0 Å². The number of hydrogen-bond donors (Lipinski definition) is 4. The molecule has 7 fully saturated rings. The van der Waals surface area contributed by atoms with Crippen LogP contribution in [0.15, 0.2) is 11.6 Å². The van der Waals surface area contributed by atoms with Gasteiger partial charge in [-0.2, -0.15) is 0 Å². The highest BCUT2D eigenvalue weighted by Crippen LogP contribution is 2.34. The second kappa shape index (κ2) is 45.3. The molecule has 0 heterocycles. The number of ketones is 8. The molecule has 12 heteroatoms. The van der Waals surface area contributed by atoms with Crippen LogP contribution in [0.5, 0.6) is 0 Å². The Morgan fingerprint density at radius 1 is 0.330 bits per heavy atom. The summed E-state index contributed by atoms with van der Waals surface area (Å²) in [6, 6.07) is 0. The molecule has 7 saturated carbocycles. The van der Waals surface area contributed by atoms with Crippen molar-refractivity contribution >= 4 is 46.3 Å². The van der Waals surface area contributed by atoms with Crippen LogP contribution in [-0.2, 0) is 38.4 Å². The molecule has 88 heavy (non-hydrogen) atoms. The summed E-state index contributed by atoms with van der Waals surface area (Å²) in [7, 11) is 0. The topological polar surface area (TPSA) is 217 Å². The molecule has 3 atom stereocenters. The summed E-state index contributed by atoms with van der Waals surface area (Å²) in [4.78, 5) is 91.0. The fraction of sp³-hybridized carbons (Fsp3) is 0.868. The predicted octanol–water partition coefficient (Wildman–Crippen LogP) is 16.6. The Labute approximate surface area is 537 Å². The van der Waals surface area contributed by atoms with Gasteiger partial charge in [-0.1, -0.05) is 207 Å². The lowest BCUT2D eigenvalue weighted by Crippen LogP contribution is -2.41. The van der Waals surface area contributed by atoms with E-state index in [-0.39, 0.29) is 71.6 Å². The predicted molar refractivity (Wildman–Crippen MR) is 358 cm³/mol. The molecule has 8 rings (SSSR count). The molecule has 8 aliphatic carbocycles. The van der Waals surface area contributed by atoms with E-state index in [0.717, 1.165) is 96.3 Å². The van der Waals surface area contributed by atoms with Gasteiger partial charge in [0.2, 0.25) is 0 Å². The van der Waals surface area contributed by atoms with Gasteiger partial charge in [-0.15, -0.1) is 0 Å². The molecule has 0 aliphatic heterocycles. The summed E-state index contributed by atoms with van der Waals surface area (Å²) in [5.41, 5.74) is 0.408. The second-order valence-corrected chi connectivity index (χ2v) is 30.0. The zero-order valence-electron chi connectivity index (χ0n) is 59.0. The quantitative estimate of drug-likeness (QED) is 0.100. The van der Waals surface area contributed by atoms with Crippen molar-refractivity contribution in [2.75, 3.05) is 0 Å². The van der Waals surface area contributed by atoms with Gasteiger partial charge >= 0.3 is 0 Å². The van der Waals surface area contributed by atoms with Gasteiger partial charge in [0.25, 0.3) is 0 Å². The largest absolute Gasteiger partial charge is 0.393 e. The monoisotopic (exact) mass is 1240 g/mol. The normalized spacial score (nSPS) is 23.7. The molecule has 0 aromatic rings. The number of aliphatic hydroxyl groups excluding tert-OH is 4. The molecule has 0 aromatic heterocycles. The van der Waals surface area contributed by atoms with E-state index < -0.39 is 18.3 Å². The van der Waals surface area contributed by atoms with Crippen molar-refractivity contribution in [2.45, 2.75) is 334 Å². The van der Waals surface area contributed by atoms with Crippen LogP contribution in [0.2, 0.25) is 0 Å². The highest BCUT2D eigenvalue weighted by molar-refractivity contribution is 5.97. The van der Waals surface area contributed by atoms with Crippen molar-refractivity contribution in [1.29, 1.82) is 0 Å². The maximum absolute atomic E-state index is 11.7. The van der Waals surface area contributed by atoms with Crippen LogP contribution in [0.1, 0.15) is 310 Å². The zero-order chi connectivity index (χ0) is 66.8. The summed E-state index contributed by atoms with van der Waals surface area (Å²) in [6.45, 7) is 31.4. The Morgan fingerprint density at radius 3 is 0.841 bits per heavy atom. The van der Waals surface area contributed by atoms with Crippen LogP contribution >= 0.6 is 0 Å². The minimum absolute atomic E-state index is 0.0880. The minimum atomic E-state index is -1.18. The molecule has 8 aliphatic rings. The summed E-state index contributed by atoms with van der Waals surface area (Å²) in [5, 5.41) is 37.1. The Bertz CT molecular complexity index is 2020. The van der Waals surface area contributed by atoms with Gasteiger partial charge in [-0.25, -0.2) is 0 Å². The van der Waals surface area contributed by atoms with Crippen molar-refractivity contribution in [3.63, 3.8) is 0 Å². The van der Waals surface area contributed by atoms with E-state index in [1.165, 1.54) is 102 Å². The third-order valence-electron chi connectivity index (χ3n) is 19.3. The molecule has 0 saturated heterocycles. The van der Waals surface area contributed by atoms with E-state index >= 15 is 0 Å². The first-order valence-electron chi connectivity index (χ1n) is 36.0. The van der Waals surface area contributed by atoms with E-state index in [0.29, 0.717) is 81.6 Å². The minimum Gasteiger partial charge on any atom is -0.393 e. The maximum atomic E-state index is 11.7. The summed E-state index contributed by atoms with van der Waals surface area (Å²) in [6.07, 6.45) is 33.2. The summed E-state index contributed by atoms with van der Waals surface area (Å²) >= 11 is 0. The number of hydrogen-bond acceptors (Lipinski definition) is 12. The van der Waals surface area contributed by atoms with Crippen molar-refractivity contribution in [2.24, 2.45) is 88.8 Å². The number of carbonyl (C=O) groups excluding carboxylic acids is 8. The molecule has 510 valence electrons. The van der Waals surface area contributed by atoms with Crippen LogP contribution < -0.4 is 0 Å². The van der Waals surface area contributed by atoms with Gasteiger partial charge in [0.15, 0.2) is 5.78 Å². The van der Waals surface area contributed by atoms with Gasteiger partial charge in [0, 0.05) is 95.7 Å². The Kier molecular flexibility index (Phi) is 42.7. The molecule has 0 aromatic carbocycles. The van der Waals surface area contributed by atoms with E-state index in [1.807, 2.05) is 96.9 Å². The van der Waals surface area contributed by atoms with Gasteiger partial charge in [-0.3, -0.25) is 38.4 Å². The molecule has 0 bridgehead atoms. The smallest absolute Gasteiger partial charge is 0.161 e. The van der Waals surface area contributed by atoms with Gasteiger partial charge in [0.1, 0.15) is 52.7 Å². The lowest BCUT2D eigenvalue weighted by molar-refractivity contribution is -0.128. The van der Waals surface area contributed by atoms with Crippen molar-refractivity contribution in [3.8, 4) is 0 Å². The first-order valence-corrected chi connectivity index (χ1v) is 36.0. The van der Waals surface area contributed by atoms with Gasteiger partial charge < -0.3 is 20.4 Å². The SMILES string of the molecule is CC(C)C(=O)C1=CC(O)C(O)C(O)C1.CC(C)C(=O)C1CC1.CC(C)C(=O)C1CCC(O)CC1.CC(C)C(=O)C1CCC1.CC(C)C(=O)C1CCCC1.CC(C)C(=O)C1CCCCC1.CC(C)C(=O)C1CCCCCC1.CC(C)C(=O)CC1CCCCC1. The first kappa shape index (κ1) is 83.0. The number of rotatable bonds is 17. The van der Waals surface area contributed by atoms with Crippen LogP contribution in [0.4, 0.5) is 0 Å². The lowest BCUT2D eigenvalue weighted by Gasteiger charge is -2.27. The molecular weight excluding hydrogens is 1100 g/mol. The standard InChI is InChI=1S/2C11H20O.C10H16O4.C10H18O2.C10H18O.C9H16O.C8H14O.C7H12O/c1-9(2)11(12)8-10-6-4-3-5-7-10;1-9(2)11(12)10-7-5-3-4-6-8-10;1-5(2)9(13)6-3-7(11)10(14)8(12)4-6;1-7(2)10(12)8-3-5-9(11)6-4-8;1-8(2)10(11)9-6-4-3-5-7-9;1-7(2)9(10)8-5-3-4-6-8;1-6(2)8(9)7-4-3-5-7;1-5(2)7(8)6-3-4-6/h2*9-10H,3-8H2,1-2H3;3,5,7-8,10-12,14H,4H2,1-2H3;7-9,11H,3-6H2,1-2H3;8-9H,3-7H2,1-2H3;7-8H,3-6H2,1-2H3;6-7H,3-5H2,1-2H3;5-6H,3-4H2,1-2H3.